The Morgan fingerprint density at radius 3 is 1.49 bits per heavy atom. The largest absolute Gasteiger partial charge is 0.310 e. The number of hydrogen-bond donors (Lipinski definition) is 0. The maximum absolute atomic E-state index is 2.53. The topological polar surface area (TPSA) is 8.17 Å². The molecule has 0 unspecified atom stereocenters. The highest BCUT2D eigenvalue weighted by atomic mass is 15.1. The highest BCUT2D eigenvalue weighted by Gasteiger charge is 2.51. The number of para-hydroxylation sites is 1. The molecule has 0 saturated heterocycles. The minimum absolute atomic E-state index is 0.270. The Kier molecular flexibility index (Phi) is 7.53. The van der Waals surface area contributed by atoms with Gasteiger partial charge in [0.2, 0.25) is 0 Å². The molecule has 2 heteroatoms. The van der Waals surface area contributed by atoms with Crippen molar-refractivity contribution in [1.82, 2.24) is 4.57 Å². The van der Waals surface area contributed by atoms with E-state index in [1.165, 1.54) is 116 Å². The quantitative estimate of drug-likeness (QED) is 0.171. The van der Waals surface area contributed by atoms with Crippen LogP contribution in [0.2, 0.25) is 0 Å². The van der Waals surface area contributed by atoms with E-state index >= 15 is 0 Å². The first kappa shape index (κ1) is 37.7. The molecule has 11 aromatic carbocycles. The molecule has 1 spiro atoms. The van der Waals surface area contributed by atoms with Gasteiger partial charge in [-0.1, -0.05) is 184 Å². The van der Waals surface area contributed by atoms with Crippen molar-refractivity contribution in [2.24, 2.45) is 0 Å². The van der Waals surface area contributed by atoms with Gasteiger partial charge >= 0.3 is 0 Å². The number of benzene rings is 11. The first-order chi connectivity index (χ1) is 33.5. The molecular weight excluding hydrogens is 821 g/mol. The molecule has 0 bridgehead atoms. The summed E-state index contributed by atoms with van der Waals surface area (Å²) in [6.07, 6.45) is 0. The number of hydrogen-bond acceptors (Lipinski definition) is 1. The summed E-state index contributed by atoms with van der Waals surface area (Å²) < 4.78 is 2.48. The van der Waals surface area contributed by atoms with Crippen molar-refractivity contribution in [2.75, 3.05) is 4.90 Å². The summed E-state index contributed by atoms with van der Waals surface area (Å²) in [7, 11) is 0. The maximum Gasteiger partial charge on any atom is 0.0726 e. The van der Waals surface area contributed by atoms with Crippen LogP contribution in [0.15, 0.2) is 231 Å². The third-order valence-corrected chi connectivity index (χ3v) is 15.9. The fraction of sp³-hybridized carbons (Fsp3) is 0.0606. The van der Waals surface area contributed by atoms with E-state index < -0.39 is 5.41 Å². The molecule has 0 N–H and O–H groups in total. The normalized spacial score (nSPS) is 14.3. The number of anilines is 3. The van der Waals surface area contributed by atoms with Gasteiger partial charge in [0.25, 0.3) is 0 Å². The van der Waals surface area contributed by atoms with Crippen LogP contribution in [0.25, 0.3) is 82.4 Å². The third kappa shape index (κ3) is 4.86. The second-order valence-electron chi connectivity index (χ2n) is 19.6. The van der Waals surface area contributed by atoms with Crippen molar-refractivity contribution in [3.8, 4) is 39.1 Å². The molecule has 1 heterocycles. The Hall–Kier alpha value is -8.46. The number of rotatable bonds is 4. The molecule has 3 aliphatic carbocycles. The second kappa shape index (κ2) is 13.6. The van der Waals surface area contributed by atoms with Crippen LogP contribution in [-0.4, -0.2) is 4.57 Å². The fourth-order valence-electron chi connectivity index (χ4n) is 13.0. The van der Waals surface area contributed by atoms with Crippen LogP contribution in [0.3, 0.4) is 0 Å². The van der Waals surface area contributed by atoms with E-state index in [1.54, 1.807) is 0 Å². The molecule has 1 aromatic heterocycles. The van der Waals surface area contributed by atoms with E-state index in [9.17, 15) is 0 Å². The molecule has 3 aliphatic rings. The monoisotopic (exact) mass is 864 g/mol. The zero-order chi connectivity index (χ0) is 44.9. The van der Waals surface area contributed by atoms with Crippen LogP contribution in [0.4, 0.5) is 17.1 Å². The summed E-state index contributed by atoms with van der Waals surface area (Å²) in [5.41, 5.74) is 22.3. The zero-order valence-electron chi connectivity index (χ0n) is 37.8. The smallest absolute Gasteiger partial charge is 0.0726 e. The molecule has 15 rings (SSSR count). The number of fused-ring (bicyclic) bond motifs is 18. The van der Waals surface area contributed by atoms with Gasteiger partial charge in [-0.15, -0.1) is 0 Å². The molecule has 0 aliphatic heterocycles. The van der Waals surface area contributed by atoms with E-state index in [0.717, 1.165) is 17.1 Å². The lowest BCUT2D eigenvalue weighted by atomic mass is 9.70. The molecule has 0 saturated carbocycles. The van der Waals surface area contributed by atoms with Crippen molar-refractivity contribution < 1.29 is 0 Å². The summed E-state index contributed by atoms with van der Waals surface area (Å²) in [5, 5.41) is 7.51. The van der Waals surface area contributed by atoms with E-state index in [-0.39, 0.29) is 5.41 Å². The summed E-state index contributed by atoms with van der Waals surface area (Å²) in [4.78, 5) is 2.53. The van der Waals surface area contributed by atoms with E-state index in [2.05, 4.69) is 254 Å². The van der Waals surface area contributed by atoms with Gasteiger partial charge in [-0.3, -0.25) is 0 Å². The van der Waals surface area contributed by atoms with E-state index in [0.29, 0.717) is 0 Å². The minimum Gasteiger partial charge on any atom is -0.310 e. The Balaban J connectivity index is 0.925. The van der Waals surface area contributed by atoms with Crippen LogP contribution >= 0.6 is 0 Å². The van der Waals surface area contributed by atoms with Gasteiger partial charge in [0.15, 0.2) is 0 Å². The van der Waals surface area contributed by atoms with Crippen molar-refractivity contribution in [2.45, 2.75) is 24.7 Å². The first-order valence-corrected chi connectivity index (χ1v) is 23.9. The molecule has 0 fully saturated rings. The van der Waals surface area contributed by atoms with Gasteiger partial charge in [0.1, 0.15) is 0 Å². The highest BCUT2D eigenvalue weighted by Crippen LogP contribution is 2.63. The van der Waals surface area contributed by atoms with Crippen LogP contribution in [0, 0.1) is 0 Å². The molecule has 0 atom stereocenters. The Morgan fingerprint density at radius 1 is 0.324 bits per heavy atom. The molecular formula is C66H44N2. The Bertz CT molecular complexity index is 4080. The van der Waals surface area contributed by atoms with Gasteiger partial charge in [0.05, 0.1) is 22.1 Å². The minimum atomic E-state index is -0.442. The van der Waals surface area contributed by atoms with Crippen LogP contribution < -0.4 is 4.90 Å². The molecule has 318 valence electrons. The van der Waals surface area contributed by atoms with Crippen molar-refractivity contribution in [1.29, 1.82) is 0 Å². The van der Waals surface area contributed by atoms with Gasteiger partial charge in [-0.25, -0.2) is 0 Å². The second-order valence-corrected chi connectivity index (χ2v) is 19.6. The van der Waals surface area contributed by atoms with Gasteiger partial charge < -0.3 is 9.47 Å². The van der Waals surface area contributed by atoms with Crippen LogP contribution in [0.1, 0.15) is 47.2 Å². The van der Waals surface area contributed by atoms with E-state index in [4.69, 9.17) is 0 Å². The lowest BCUT2D eigenvalue weighted by molar-refractivity contribution is 0.660. The summed E-state index contributed by atoms with van der Waals surface area (Å²) in [6, 6.07) is 86.9. The van der Waals surface area contributed by atoms with Crippen LogP contribution in [0.5, 0.6) is 0 Å². The van der Waals surface area contributed by atoms with Crippen molar-refractivity contribution in [3.63, 3.8) is 0 Å². The lowest BCUT2D eigenvalue weighted by Crippen LogP contribution is -2.26. The first-order valence-electron chi connectivity index (χ1n) is 23.9. The average molecular weight is 865 g/mol. The molecule has 12 aromatic rings. The van der Waals surface area contributed by atoms with Crippen LogP contribution in [-0.2, 0) is 10.8 Å². The number of nitrogens with zero attached hydrogens (tertiary/aromatic N) is 2. The third-order valence-electron chi connectivity index (χ3n) is 15.9. The van der Waals surface area contributed by atoms with E-state index in [1.807, 2.05) is 0 Å². The SMILES string of the molecule is CC1(C)c2cc(N(c3ccc4c(c3)C3(c5ccccc5-c5ccccc53)c3ccccc3-4)c3cccc4ccccc34)ccc2-c2ccc(-n3c4ccccc4c4cc5ccccc5cc43)cc21. The van der Waals surface area contributed by atoms with Gasteiger partial charge in [-0.2, -0.15) is 0 Å². The standard InChI is InChI=1S/C66H44N2/c1-65(2)59-38-44(30-33-51(59)52-34-32-46(39-60(52)65)68-63-28-14-10-24-54(63)55-36-42-17-3-4-18-43(42)37-64(55)68)67(62-29-15-19-41-16-5-6-20-47(41)62)45-31-35-53-50-23-9-13-27-58(50)66(61(53)40-45)56-25-11-7-21-48(56)49-22-8-12-26-57(49)66/h3-40H,1-2H3. The average Bonchev–Trinajstić information content (AvgIpc) is 4.05. The Morgan fingerprint density at radius 2 is 0.809 bits per heavy atom. The van der Waals surface area contributed by atoms with Crippen molar-refractivity contribution >= 4 is 60.4 Å². The molecule has 68 heavy (non-hydrogen) atoms. The summed E-state index contributed by atoms with van der Waals surface area (Å²) in [6.45, 7) is 4.83. The summed E-state index contributed by atoms with van der Waals surface area (Å²) >= 11 is 0. The molecule has 2 nitrogen and oxygen atoms in total. The summed E-state index contributed by atoms with van der Waals surface area (Å²) in [5.74, 6) is 0. The molecule has 0 radical (unpaired) electrons. The Labute approximate surface area is 395 Å². The van der Waals surface area contributed by atoms with Gasteiger partial charge in [-0.05, 0) is 144 Å². The lowest BCUT2D eigenvalue weighted by Gasteiger charge is -2.33. The van der Waals surface area contributed by atoms with Gasteiger partial charge in [0, 0.05) is 38.6 Å². The predicted molar refractivity (Wildman–Crippen MR) is 284 cm³/mol. The zero-order valence-corrected chi connectivity index (χ0v) is 37.8. The number of aromatic nitrogens is 1. The highest BCUT2D eigenvalue weighted by molar-refractivity contribution is 6.14. The van der Waals surface area contributed by atoms with Crippen molar-refractivity contribution in [3.05, 3.63) is 264 Å². The maximum atomic E-state index is 2.53. The fourth-order valence-corrected chi connectivity index (χ4v) is 13.0. The molecule has 0 amide bonds. The predicted octanol–water partition coefficient (Wildman–Crippen LogP) is 17.2.